The Morgan fingerprint density at radius 1 is 0.920 bits per heavy atom. The Morgan fingerprint density at radius 3 is 2.32 bits per heavy atom. The molecular formula is C20H18FN3O. The van der Waals surface area contributed by atoms with E-state index in [2.05, 4.69) is 15.6 Å². The predicted octanol–water partition coefficient (Wildman–Crippen LogP) is 3.94. The maximum Gasteiger partial charge on any atom is 0.269 e. The van der Waals surface area contributed by atoms with Crippen molar-refractivity contribution in [3.8, 4) is 0 Å². The Balaban J connectivity index is 1.52. The van der Waals surface area contributed by atoms with Crippen LogP contribution in [0, 0.1) is 5.82 Å². The zero-order valence-electron chi connectivity index (χ0n) is 13.6. The van der Waals surface area contributed by atoms with Crippen LogP contribution < -0.4 is 10.6 Å². The zero-order chi connectivity index (χ0) is 17.5. The molecule has 0 spiro atoms. The highest BCUT2D eigenvalue weighted by Gasteiger charge is 2.06. The van der Waals surface area contributed by atoms with Gasteiger partial charge in [-0.3, -0.25) is 4.79 Å². The van der Waals surface area contributed by atoms with E-state index in [1.54, 1.807) is 30.5 Å². The Hall–Kier alpha value is -3.21. The smallest absolute Gasteiger partial charge is 0.269 e. The molecule has 0 radical (unpaired) electrons. The lowest BCUT2D eigenvalue weighted by molar-refractivity contribution is 0.0949. The summed E-state index contributed by atoms with van der Waals surface area (Å²) in [5, 5.41) is 5.96. The average molecular weight is 335 g/mol. The van der Waals surface area contributed by atoms with Gasteiger partial charge in [-0.25, -0.2) is 9.37 Å². The van der Waals surface area contributed by atoms with Crippen molar-refractivity contribution in [2.24, 2.45) is 0 Å². The van der Waals surface area contributed by atoms with Gasteiger partial charge in [-0.1, -0.05) is 30.3 Å². The van der Waals surface area contributed by atoms with Gasteiger partial charge in [0.25, 0.3) is 5.91 Å². The molecule has 3 rings (SSSR count). The van der Waals surface area contributed by atoms with E-state index in [1.807, 2.05) is 30.3 Å². The minimum absolute atomic E-state index is 0.204. The number of halogens is 1. The highest BCUT2D eigenvalue weighted by Crippen LogP contribution is 2.16. The van der Waals surface area contributed by atoms with Crippen molar-refractivity contribution in [1.82, 2.24) is 10.3 Å². The number of hydrogen-bond donors (Lipinski definition) is 2. The molecule has 0 saturated heterocycles. The first-order valence-corrected chi connectivity index (χ1v) is 8.01. The minimum Gasteiger partial charge on any atom is -0.354 e. The van der Waals surface area contributed by atoms with E-state index in [0.717, 1.165) is 17.8 Å². The Bertz CT molecular complexity index is 818. The number of hydrogen-bond acceptors (Lipinski definition) is 3. The van der Waals surface area contributed by atoms with Gasteiger partial charge in [-0.2, -0.15) is 0 Å². The quantitative estimate of drug-likeness (QED) is 0.717. The summed E-state index contributed by atoms with van der Waals surface area (Å²) in [7, 11) is 0. The topological polar surface area (TPSA) is 54.0 Å². The summed E-state index contributed by atoms with van der Waals surface area (Å²) in [4.78, 5) is 16.3. The Kier molecular flexibility index (Phi) is 5.36. The van der Waals surface area contributed by atoms with Crippen LogP contribution in [0.5, 0.6) is 0 Å². The lowest BCUT2D eigenvalue weighted by Gasteiger charge is -2.08. The first-order chi connectivity index (χ1) is 12.2. The van der Waals surface area contributed by atoms with Crippen molar-refractivity contribution in [1.29, 1.82) is 0 Å². The third kappa shape index (κ3) is 4.88. The summed E-state index contributed by atoms with van der Waals surface area (Å²) >= 11 is 0. The summed E-state index contributed by atoms with van der Waals surface area (Å²) < 4.78 is 12.9. The summed E-state index contributed by atoms with van der Waals surface area (Å²) in [5.74, 6) is -0.490. The van der Waals surface area contributed by atoms with Crippen molar-refractivity contribution in [2.45, 2.75) is 6.42 Å². The molecule has 0 fully saturated rings. The molecule has 1 aromatic heterocycles. The molecule has 2 N–H and O–H groups in total. The molecule has 5 heteroatoms. The number of aromatic nitrogens is 1. The molecule has 2 aromatic carbocycles. The largest absolute Gasteiger partial charge is 0.354 e. The van der Waals surface area contributed by atoms with Gasteiger partial charge in [-0.05, 0) is 48.4 Å². The summed E-state index contributed by atoms with van der Waals surface area (Å²) in [6.45, 7) is 0.556. The molecule has 0 aliphatic heterocycles. The van der Waals surface area contributed by atoms with E-state index in [9.17, 15) is 9.18 Å². The van der Waals surface area contributed by atoms with Gasteiger partial charge in [0.05, 0.1) is 11.9 Å². The lowest BCUT2D eigenvalue weighted by atomic mass is 10.1. The second kappa shape index (κ2) is 8.06. The summed E-state index contributed by atoms with van der Waals surface area (Å²) in [5.41, 5.74) is 3.02. The molecule has 4 nitrogen and oxygen atoms in total. The van der Waals surface area contributed by atoms with Crippen molar-refractivity contribution >= 4 is 17.3 Å². The third-order valence-electron chi connectivity index (χ3n) is 3.67. The minimum atomic E-state index is -0.286. The fourth-order valence-electron chi connectivity index (χ4n) is 2.36. The first kappa shape index (κ1) is 16.6. The number of amides is 1. The van der Waals surface area contributed by atoms with Crippen LogP contribution in [-0.2, 0) is 6.42 Å². The fraction of sp³-hybridized carbons (Fsp3) is 0.100. The van der Waals surface area contributed by atoms with Gasteiger partial charge >= 0.3 is 0 Å². The van der Waals surface area contributed by atoms with Gasteiger partial charge in [-0.15, -0.1) is 0 Å². The number of rotatable bonds is 6. The third-order valence-corrected chi connectivity index (χ3v) is 3.67. The molecular weight excluding hydrogens is 317 g/mol. The van der Waals surface area contributed by atoms with Crippen LogP contribution in [0.25, 0.3) is 0 Å². The molecule has 0 unspecified atom stereocenters. The van der Waals surface area contributed by atoms with Gasteiger partial charge in [0.1, 0.15) is 11.5 Å². The molecule has 1 heterocycles. The Morgan fingerprint density at radius 2 is 1.64 bits per heavy atom. The second-order valence-electron chi connectivity index (χ2n) is 5.56. The van der Waals surface area contributed by atoms with Crippen LogP contribution in [0.3, 0.4) is 0 Å². The lowest BCUT2D eigenvalue weighted by Crippen LogP contribution is -2.26. The van der Waals surface area contributed by atoms with E-state index in [4.69, 9.17) is 0 Å². The number of benzene rings is 2. The van der Waals surface area contributed by atoms with Gasteiger partial charge in [0.2, 0.25) is 0 Å². The van der Waals surface area contributed by atoms with Crippen molar-refractivity contribution in [2.75, 3.05) is 11.9 Å². The van der Waals surface area contributed by atoms with Crippen molar-refractivity contribution < 1.29 is 9.18 Å². The second-order valence-corrected chi connectivity index (χ2v) is 5.56. The highest BCUT2D eigenvalue weighted by molar-refractivity contribution is 5.92. The molecule has 0 aliphatic carbocycles. The number of carbonyl (C=O) groups excluding carboxylic acids is 1. The van der Waals surface area contributed by atoms with E-state index in [-0.39, 0.29) is 11.7 Å². The standard InChI is InChI=1S/C20H18FN3O/c21-16-6-8-17(9-7-16)24-18-10-11-19(23-14-18)20(25)22-13-12-15-4-2-1-3-5-15/h1-11,14,24H,12-13H2,(H,22,25). The number of pyridine rings is 1. The number of anilines is 2. The number of nitrogens with zero attached hydrogens (tertiary/aromatic N) is 1. The van der Waals surface area contributed by atoms with Crippen LogP contribution in [0.15, 0.2) is 72.9 Å². The maximum absolute atomic E-state index is 12.9. The van der Waals surface area contributed by atoms with Crippen molar-refractivity contribution in [3.05, 3.63) is 90.0 Å². The van der Waals surface area contributed by atoms with Crippen molar-refractivity contribution in [3.63, 3.8) is 0 Å². The molecule has 0 saturated carbocycles. The summed E-state index contributed by atoms with van der Waals surface area (Å²) in [6, 6.07) is 19.4. The zero-order valence-corrected chi connectivity index (χ0v) is 13.6. The highest BCUT2D eigenvalue weighted by atomic mass is 19.1. The summed E-state index contributed by atoms with van der Waals surface area (Å²) in [6.07, 6.45) is 2.35. The maximum atomic E-state index is 12.9. The fourth-order valence-corrected chi connectivity index (χ4v) is 2.36. The van der Waals surface area contributed by atoms with E-state index < -0.39 is 0 Å². The van der Waals surface area contributed by atoms with E-state index in [1.165, 1.54) is 17.7 Å². The van der Waals surface area contributed by atoms with E-state index >= 15 is 0 Å². The van der Waals surface area contributed by atoms with E-state index in [0.29, 0.717) is 12.2 Å². The monoisotopic (exact) mass is 335 g/mol. The average Bonchev–Trinajstić information content (AvgIpc) is 2.65. The molecule has 25 heavy (non-hydrogen) atoms. The van der Waals surface area contributed by atoms with Gasteiger partial charge in [0.15, 0.2) is 0 Å². The van der Waals surface area contributed by atoms with Crippen LogP contribution in [-0.4, -0.2) is 17.4 Å². The molecule has 126 valence electrons. The SMILES string of the molecule is O=C(NCCc1ccccc1)c1ccc(Nc2ccc(F)cc2)cn1. The van der Waals surface area contributed by atoms with Crippen LogP contribution in [0.1, 0.15) is 16.1 Å². The molecule has 3 aromatic rings. The van der Waals surface area contributed by atoms with Crippen LogP contribution >= 0.6 is 0 Å². The number of nitrogens with one attached hydrogen (secondary N) is 2. The molecule has 0 atom stereocenters. The number of carbonyl (C=O) groups is 1. The Labute approximate surface area is 145 Å². The molecule has 0 bridgehead atoms. The molecule has 1 amide bonds. The van der Waals surface area contributed by atoms with Gasteiger partial charge in [0, 0.05) is 12.2 Å². The predicted molar refractivity (Wildman–Crippen MR) is 96.4 cm³/mol. The molecule has 0 aliphatic rings. The normalized spacial score (nSPS) is 10.3. The van der Waals surface area contributed by atoms with Crippen LogP contribution in [0.2, 0.25) is 0 Å². The first-order valence-electron chi connectivity index (χ1n) is 8.01. The van der Waals surface area contributed by atoms with Gasteiger partial charge < -0.3 is 10.6 Å². The van der Waals surface area contributed by atoms with Crippen LogP contribution in [0.4, 0.5) is 15.8 Å².